The molecule has 0 aliphatic carbocycles. The molecule has 0 radical (unpaired) electrons. The summed E-state index contributed by atoms with van der Waals surface area (Å²) in [5.41, 5.74) is 4.62. The van der Waals surface area contributed by atoms with Gasteiger partial charge in [-0.25, -0.2) is 0 Å². The van der Waals surface area contributed by atoms with E-state index in [4.69, 9.17) is 11.6 Å². The smallest absolute Gasteiger partial charge is 0.259 e. The van der Waals surface area contributed by atoms with Crippen LogP contribution < -0.4 is 4.90 Å². The van der Waals surface area contributed by atoms with Gasteiger partial charge in [-0.15, -0.1) is 0 Å². The lowest BCUT2D eigenvalue weighted by atomic mass is 10.0. The van der Waals surface area contributed by atoms with Crippen LogP contribution in [-0.4, -0.2) is 23.2 Å². The summed E-state index contributed by atoms with van der Waals surface area (Å²) in [6, 6.07) is 22.6. The lowest BCUT2D eigenvalue weighted by Crippen LogP contribution is -2.28. The zero-order chi connectivity index (χ0) is 21.4. The summed E-state index contributed by atoms with van der Waals surface area (Å²) in [6.07, 6.45) is 4.11. The molecule has 0 spiro atoms. The first-order chi connectivity index (χ1) is 15.1. The zero-order valence-electron chi connectivity index (χ0n) is 16.6. The van der Waals surface area contributed by atoms with Crippen LogP contribution in [0.1, 0.15) is 21.5 Å². The van der Waals surface area contributed by atoms with Crippen LogP contribution in [-0.2, 0) is 11.2 Å². The third-order valence-electron chi connectivity index (χ3n) is 5.65. The number of allylic oxidation sites excluding steroid dienone is 1. The number of carbonyl (C=O) groups is 2. The summed E-state index contributed by atoms with van der Waals surface area (Å²) in [4.78, 5) is 31.2. The van der Waals surface area contributed by atoms with E-state index in [2.05, 4.69) is 11.1 Å². The van der Waals surface area contributed by atoms with E-state index in [-0.39, 0.29) is 11.7 Å². The summed E-state index contributed by atoms with van der Waals surface area (Å²) in [5.74, 6) is -0.441. The van der Waals surface area contributed by atoms with Gasteiger partial charge in [0.15, 0.2) is 5.78 Å². The van der Waals surface area contributed by atoms with Crippen molar-refractivity contribution < 1.29 is 9.59 Å². The number of aromatic nitrogens is 1. The zero-order valence-corrected chi connectivity index (χ0v) is 17.4. The Labute approximate surface area is 184 Å². The van der Waals surface area contributed by atoms with Crippen molar-refractivity contribution in [3.8, 4) is 0 Å². The standard InChI is InChI=1S/C26H19ClN2O2/c27-22-10-4-1-9-20(22)25(30)15-21-19-8-3-6-12-24(19)29(26(21)31)14-13-17-16-28-23-11-5-2-7-18(17)23/h1-12,15-16,28H,13-14H2. The predicted octanol–water partition coefficient (Wildman–Crippen LogP) is 5.68. The molecule has 1 aliphatic heterocycles. The number of halogens is 1. The number of ketones is 1. The van der Waals surface area contributed by atoms with E-state index >= 15 is 0 Å². The highest BCUT2D eigenvalue weighted by atomic mass is 35.5. The molecule has 31 heavy (non-hydrogen) atoms. The van der Waals surface area contributed by atoms with Crippen molar-refractivity contribution in [1.29, 1.82) is 0 Å². The minimum atomic E-state index is -0.276. The van der Waals surface area contributed by atoms with E-state index in [1.807, 2.05) is 48.7 Å². The maximum Gasteiger partial charge on any atom is 0.259 e. The van der Waals surface area contributed by atoms with Crippen LogP contribution in [0.2, 0.25) is 5.02 Å². The van der Waals surface area contributed by atoms with Crippen molar-refractivity contribution in [3.63, 3.8) is 0 Å². The van der Waals surface area contributed by atoms with E-state index in [9.17, 15) is 9.59 Å². The SMILES string of the molecule is O=C(C=C1C(=O)N(CCc2c[nH]c3ccccc23)c2ccccc21)c1ccccc1Cl. The number of aromatic amines is 1. The fraction of sp³-hybridized carbons (Fsp3) is 0.0769. The summed E-state index contributed by atoms with van der Waals surface area (Å²) in [7, 11) is 0. The average Bonchev–Trinajstić information content (AvgIpc) is 3.32. The molecule has 2 heterocycles. The molecule has 0 unspecified atom stereocenters. The van der Waals surface area contributed by atoms with Gasteiger partial charge < -0.3 is 9.88 Å². The van der Waals surface area contributed by atoms with Gasteiger partial charge in [-0.2, -0.15) is 0 Å². The van der Waals surface area contributed by atoms with Crippen LogP contribution >= 0.6 is 11.6 Å². The second-order valence-corrected chi connectivity index (χ2v) is 7.89. The first kappa shape index (κ1) is 19.3. The fourth-order valence-electron chi connectivity index (χ4n) is 4.11. The summed E-state index contributed by atoms with van der Waals surface area (Å²) < 4.78 is 0. The van der Waals surface area contributed by atoms with E-state index in [0.29, 0.717) is 29.1 Å². The van der Waals surface area contributed by atoms with Crippen LogP contribution in [0, 0.1) is 0 Å². The normalized spacial score (nSPS) is 14.4. The molecule has 1 aromatic heterocycles. The Morgan fingerprint density at radius 1 is 0.968 bits per heavy atom. The summed E-state index contributed by atoms with van der Waals surface area (Å²) in [6.45, 7) is 0.523. The number of nitrogens with one attached hydrogen (secondary N) is 1. The van der Waals surface area contributed by atoms with Crippen LogP contribution in [0.4, 0.5) is 5.69 Å². The number of hydrogen-bond acceptors (Lipinski definition) is 2. The van der Waals surface area contributed by atoms with Gasteiger partial charge in [-0.05, 0) is 42.3 Å². The Morgan fingerprint density at radius 3 is 2.58 bits per heavy atom. The van der Waals surface area contributed by atoms with Crippen LogP contribution in [0.3, 0.4) is 0 Å². The van der Waals surface area contributed by atoms with Crippen molar-refractivity contribution in [1.82, 2.24) is 4.98 Å². The van der Waals surface area contributed by atoms with Gasteiger partial charge >= 0.3 is 0 Å². The molecule has 0 atom stereocenters. The predicted molar refractivity (Wildman–Crippen MR) is 125 cm³/mol. The van der Waals surface area contributed by atoms with Gasteiger partial charge in [-0.3, -0.25) is 9.59 Å². The quantitative estimate of drug-likeness (QED) is 0.330. The molecule has 1 amide bonds. The van der Waals surface area contributed by atoms with Gasteiger partial charge in [0.2, 0.25) is 0 Å². The Balaban J connectivity index is 1.46. The molecule has 0 bridgehead atoms. The molecule has 4 nitrogen and oxygen atoms in total. The van der Waals surface area contributed by atoms with Gasteiger partial charge in [0.25, 0.3) is 5.91 Å². The number of carbonyl (C=O) groups excluding carboxylic acids is 2. The molecule has 0 saturated carbocycles. The van der Waals surface area contributed by atoms with Gasteiger partial charge in [0.1, 0.15) is 0 Å². The Hall–Kier alpha value is -3.63. The highest BCUT2D eigenvalue weighted by molar-refractivity contribution is 6.38. The topological polar surface area (TPSA) is 53.2 Å². The number of para-hydroxylation sites is 2. The molecule has 152 valence electrons. The number of anilines is 1. The van der Waals surface area contributed by atoms with Crippen LogP contribution in [0.25, 0.3) is 16.5 Å². The van der Waals surface area contributed by atoms with Crippen molar-refractivity contribution in [3.05, 3.63) is 107 Å². The molecule has 1 N–H and O–H groups in total. The van der Waals surface area contributed by atoms with E-state index < -0.39 is 0 Å². The minimum Gasteiger partial charge on any atom is -0.361 e. The number of hydrogen-bond donors (Lipinski definition) is 1. The lowest BCUT2D eigenvalue weighted by Gasteiger charge is -2.16. The number of benzene rings is 3. The molecule has 0 fully saturated rings. The Kier molecular flexibility index (Phi) is 4.92. The minimum absolute atomic E-state index is 0.165. The second-order valence-electron chi connectivity index (χ2n) is 7.49. The molecule has 1 aliphatic rings. The number of fused-ring (bicyclic) bond motifs is 2. The van der Waals surface area contributed by atoms with E-state index in [0.717, 1.165) is 27.7 Å². The van der Waals surface area contributed by atoms with Gasteiger partial charge in [0, 0.05) is 34.8 Å². The van der Waals surface area contributed by atoms with Gasteiger partial charge in [-0.1, -0.05) is 60.1 Å². The Bertz CT molecular complexity index is 1350. The third-order valence-corrected chi connectivity index (χ3v) is 5.98. The van der Waals surface area contributed by atoms with Crippen molar-refractivity contribution in [2.24, 2.45) is 0 Å². The molecule has 3 aromatic carbocycles. The van der Waals surface area contributed by atoms with E-state index in [1.54, 1.807) is 29.2 Å². The van der Waals surface area contributed by atoms with E-state index in [1.165, 1.54) is 6.08 Å². The second kappa shape index (κ2) is 7.89. The summed E-state index contributed by atoms with van der Waals surface area (Å²) >= 11 is 6.18. The molecule has 5 rings (SSSR count). The van der Waals surface area contributed by atoms with Crippen LogP contribution in [0.15, 0.2) is 85.1 Å². The number of rotatable bonds is 5. The van der Waals surface area contributed by atoms with Crippen molar-refractivity contribution in [2.75, 3.05) is 11.4 Å². The molecule has 4 aromatic rings. The Morgan fingerprint density at radius 2 is 1.71 bits per heavy atom. The number of H-pyrrole nitrogens is 1. The first-order valence-electron chi connectivity index (χ1n) is 10.1. The van der Waals surface area contributed by atoms with Crippen molar-refractivity contribution in [2.45, 2.75) is 6.42 Å². The highest BCUT2D eigenvalue weighted by Gasteiger charge is 2.32. The monoisotopic (exact) mass is 426 g/mol. The molecule has 5 heteroatoms. The average molecular weight is 427 g/mol. The number of amides is 1. The van der Waals surface area contributed by atoms with Gasteiger partial charge in [0.05, 0.1) is 16.3 Å². The maximum absolute atomic E-state index is 13.3. The number of nitrogens with zero attached hydrogens (tertiary/aromatic N) is 1. The molecule has 0 saturated heterocycles. The molecular formula is C26H19ClN2O2. The largest absolute Gasteiger partial charge is 0.361 e. The maximum atomic E-state index is 13.3. The lowest BCUT2D eigenvalue weighted by molar-refractivity contribution is -0.113. The first-order valence-corrected chi connectivity index (χ1v) is 10.5. The third kappa shape index (κ3) is 3.45. The van der Waals surface area contributed by atoms with Crippen molar-refractivity contribution >= 4 is 45.5 Å². The molecular weight excluding hydrogens is 408 g/mol. The highest BCUT2D eigenvalue weighted by Crippen LogP contribution is 2.37. The van der Waals surface area contributed by atoms with Crippen LogP contribution in [0.5, 0.6) is 0 Å². The fourth-order valence-corrected chi connectivity index (χ4v) is 4.34. The summed E-state index contributed by atoms with van der Waals surface area (Å²) in [5, 5.41) is 1.53.